The molecule has 9 nitrogen and oxygen atoms in total. The van der Waals surface area contributed by atoms with Crippen LogP contribution in [0, 0.1) is 28.6 Å². The predicted molar refractivity (Wildman–Crippen MR) is 158 cm³/mol. The van der Waals surface area contributed by atoms with E-state index in [1.54, 1.807) is 13.0 Å². The van der Waals surface area contributed by atoms with Crippen molar-refractivity contribution in [1.82, 2.24) is 0 Å². The summed E-state index contributed by atoms with van der Waals surface area (Å²) in [5, 5.41) is 12.1. The molecule has 0 spiro atoms. The molecule has 4 aliphatic carbocycles. The fourth-order valence-electron chi connectivity index (χ4n) is 8.39. The minimum absolute atomic E-state index is 0.0123. The minimum atomic E-state index is -4.38. The monoisotopic (exact) mass is 652 g/mol. The highest BCUT2D eigenvalue weighted by atomic mass is 35.5. The van der Waals surface area contributed by atoms with Crippen LogP contribution < -0.4 is 0 Å². The molecule has 3 saturated carbocycles. The number of unbranched alkanes of at least 4 members (excludes halogenated alkanes) is 1. The number of aliphatic hydroxyl groups is 1. The standard InChI is InChI=1S/C32H38ClFO9S/c1-4-5-14-41-29(38)43-32(27(37)18-42-44(39,40)21-8-6-19(33)7-9-21)13-11-23-22-16-25(34)24-15-20(35)10-12-30(24,2)28(22)26(36)17-31(23,32)3/h6-10,12,15,22-23,25-26,28,36H,4-5,11,13-14,16-18H2,1-3H3/t22-,23-,25-,26?,28+,30-,31-,32-/m0/s1. The third kappa shape index (κ3) is 5.43. The average molecular weight is 653 g/mol. The lowest BCUT2D eigenvalue weighted by molar-refractivity contribution is -0.185. The largest absolute Gasteiger partial charge is 0.509 e. The van der Waals surface area contributed by atoms with Crippen molar-refractivity contribution in [1.29, 1.82) is 0 Å². The zero-order valence-electron chi connectivity index (χ0n) is 25.0. The van der Waals surface area contributed by atoms with Crippen molar-refractivity contribution < 1.29 is 46.0 Å². The zero-order valence-corrected chi connectivity index (χ0v) is 26.5. The number of ether oxygens (including phenoxy) is 2. The summed E-state index contributed by atoms with van der Waals surface area (Å²) < 4.78 is 58.0. The van der Waals surface area contributed by atoms with Crippen molar-refractivity contribution in [3.05, 3.63) is 53.1 Å². The Balaban J connectivity index is 1.48. The summed E-state index contributed by atoms with van der Waals surface area (Å²) in [6.07, 6.45) is 2.54. The Labute approximate surface area is 261 Å². The van der Waals surface area contributed by atoms with Crippen molar-refractivity contribution in [3.8, 4) is 0 Å². The van der Waals surface area contributed by atoms with Gasteiger partial charge in [0.25, 0.3) is 10.1 Å². The number of benzene rings is 1. The first-order chi connectivity index (χ1) is 20.7. The normalized spacial score (nSPS) is 36.1. The molecule has 240 valence electrons. The Hall–Kier alpha value is -2.60. The van der Waals surface area contributed by atoms with E-state index < -0.39 is 69.2 Å². The zero-order chi connectivity index (χ0) is 32.1. The molecular formula is C32H38ClFO9S. The van der Waals surface area contributed by atoms with E-state index in [9.17, 15) is 27.9 Å². The Morgan fingerprint density at radius 3 is 2.57 bits per heavy atom. The van der Waals surface area contributed by atoms with E-state index in [1.807, 2.05) is 13.8 Å². The van der Waals surface area contributed by atoms with E-state index in [0.717, 1.165) is 6.42 Å². The molecule has 0 aromatic heterocycles. The van der Waals surface area contributed by atoms with E-state index in [2.05, 4.69) is 0 Å². The second-order valence-electron chi connectivity index (χ2n) is 12.8. The summed E-state index contributed by atoms with van der Waals surface area (Å²) in [5.41, 5.74) is -3.68. The SMILES string of the molecule is CCCCOC(=O)O[C@]1(C(=O)COS(=O)(=O)c2ccc(Cl)cc2)CC[C@H]2[C@@H]3C[C@H](F)C4=CC(=O)C=C[C@]4(C)[C@H]3C(O)C[C@@]21C. The molecule has 5 rings (SSSR count). The number of fused-ring (bicyclic) bond motifs is 5. The van der Waals surface area contributed by atoms with E-state index in [-0.39, 0.29) is 42.5 Å². The molecule has 0 radical (unpaired) electrons. The molecule has 1 N–H and O–H groups in total. The van der Waals surface area contributed by atoms with E-state index in [4.69, 9.17) is 25.3 Å². The topological polar surface area (TPSA) is 133 Å². The summed E-state index contributed by atoms with van der Waals surface area (Å²) in [6, 6.07) is 5.24. The lowest BCUT2D eigenvalue weighted by atomic mass is 9.46. The molecule has 44 heavy (non-hydrogen) atoms. The number of hydrogen-bond acceptors (Lipinski definition) is 9. The van der Waals surface area contributed by atoms with Gasteiger partial charge in [-0.15, -0.1) is 0 Å². The lowest BCUT2D eigenvalue weighted by Crippen LogP contribution is -2.64. The van der Waals surface area contributed by atoms with Gasteiger partial charge >= 0.3 is 6.16 Å². The van der Waals surface area contributed by atoms with Crippen LogP contribution in [0.4, 0.5) is 9.18 Å². The Bertz CT molecular complexity index is 1490. The Kier molecular flexibility index (Phi) is 8.91. The maximum Gasteiger partial charge on any atom is 0.509 e. The molecule has 0 bridgehead atoms. The second kappa shape index (κ2) is 12.0. The highest BCUT2D eigenvalue weighted by molar-refractivity contribution is 7.86. The molecule has 0 amide bonds. The molecule has 0 aliphatic heterocycles. The molecule has 0 saturated heterocycles. The number of halogens is 2. The van der Waals surface area contributed by atoms with Crippen LogP contribution in [-0.4, -0.2) is 62.3 Å². The summed E-state index contributed by atoms with van der Waals surface area (Å²) in [6.45, 7) is 4.61. The summed E-state index contributed by atoms with van der Waals surface area (Å²) in [5.74, 6) is -2.35. The van der Waals surface area contributed by atoms with Gasteiger partial charge in [-0.1, -0.05) is 44.9 Å². The van der Waals surface area contributed by atoms with Gasteiger partial charge in [0.15, 0.2) is 11.4 Å². The van der Waals surface area contributed by atoms with Crippen LogP contribution >= 0.6 is 11.6 Å². The smallest absolute Gasteiger partial charge is 0.434 e. The van der Waals surface area contributed by atoms with Crippen molar-refractivity contribution in [3.63, 3.8) is 0 Å². The summed E-state index contributed by atoms with van der Waals surface area (Å²) in [7, 11) is -4.38. The highest BCUT2D eigenvalue weighted by Gasteiger charge is 2.71. The van der Waals surface area contributed by atoms with Gasteiger partial charge in [0.2, 0.25) is 5.78 Å². The lowest BCUT2D eigenvalue weighted by Gasteiger charge is -2.60. The van der Waals surface area contributed by atoms with Gasteiger partial charge in [0, 0.05) is 21.8 Å². The van der Waals surface area contributed by atoms with Crippen molar-refractivity contribution in [2.75, 3.05) is 13.2 Å². The Morgan fingerprint density at radius 2 is 1.89 bits per heavy atom. The number of ketones is 2. The van der Waals surface area contributed by atoms with E-state index in [0.29, 0.717) is 23.4 Å². The van der Waals surface area contributed by atoms with Crippen molar-refractivity contribution in [2.45, 2.75) is 82.1 Å². The first kappa shape index (κ1) is 32.8. The molecule has 12 heteroatoms. The van der Waals surface area contributed by atoms with Gasteiger partial charge in [0.05, 0.1) is 17.6 Å². The second-order valence-corrected chi connectivity index (χ2v) is 14.9. The van der Waals surface area contributed by atoms with Gasteiger partial charge in [0.1, 0.15) is 12.8 Å². The van der Waals surface area contributed by atoms with E-state index >= 15 is 4.39 Å². The number of allylic oxidation sites excluding steroid dienone is 4. The van der Waals surface area contributed by atoms with Crippen LogP contribution in [0.3, 0.4) is 0 Å². The summed E-state index contributed by atoms with van der Waals surface area (Å²) in [4.78, 5) is 39.0. The van der Waals surface area contributed by atoms with Crippen molar-refractivity contribution in [2.24, 2.45) is 28.6 Å². The molecular weight excluding hydrogens is 615 g/mol. The van der Waals surface area contributed by atoms with Crippen LogP contribution in [-0.2, 0) is 33.4 Å². The fraction of sp³-hybridized carbons (Fsp3) is 0.594. The third-order valence-electron chi connectivity index (χ3n) is 10.5. The van der Waals surface area contributed by atoms with Crippen molar-refractivity contribution >= 4 is 39.4 Å². The fourth-order valence-corrected chi connectivity index (χ4v) is 9.39. The van der Waals surface area contributed by atoms with Crippen LogP contribution in [0.1, 0.15) is 59.3 Å². The third-order valence-corrected chi connectivity index (χ3v) is 12.0. The van der Waals surface area contributed by atoms with Gasteiger partial charge in [-0.05, 0) is 85.9 Å². The van der Waals surface area contributed by atoms with E-state index in [1.165, 1.54) is 36.4 Å². The maximum atomic E-state index is 15.8. The first-order valence-corrected chi connectivity index (χ1v) is 16.8. The number of rotatable bonds is 9. The van der Waals surface area contributed by atoms with Gasteiger partial charge in [-0.2, -0.15) is 8.42 Å². The van der Waals surface area contributed by atoms with Gasteiger partial charge in [-0.3, -0.25) is 13.8 Å². The van der Waals surface area contributed by atoms with Crippen LogP contribution in [0.2, 0.25) is 5.02 Å². The van der Waals surface area contributed by atoms with Crippen LogP contribution in [0.25, 0.3) is 0 Å². The number of aliphatic hydroxyl groups excluding tert-OH is 1. The molecule has 8 atom stereocenters. The number of carbonyl (C=O) groups is 3. The number of hydrogen-bond donors (Lipinski definition) is 1. The van der Waals surface area contributed by atoms with Gasteiger partial charge < -0.3 is 14.6 Å². The molecule has 1 unspecified atom stereocenters. The van der Waals surface area contributed by atoms with Crippen LogP contribution in [0.5, 0.6) is 0 Å². The highest BCUT2D eigenvalue weighted by Crippen LogP contribution is 2.68. The Morgan fingerprint density at radius 1 is 1.18 bits per heavy atom. The molecule has 4 aliphatic rings. The summed E-state index contributed by atoms with van der Waals surface area (Å²) >= 11 is 5.87. The quantitative estimate of drug-likeness (QED) is 0.208. The molecule has 0 heterocycles. The van der Waals surface area contributed by atoms with Crippen LogP contribution in [0.15, 0.2) is 53.0 Å². The minimum Gasteiger partial charge on any atom is -0.434 e. The molecule has 1 aromatic rings. The molecule has 3 fully saturated rings. The number of carbonyl (C=O) groups excluding carboxylic acids is 3. The first-order valence-electron chi connectivity index (χ1n) is 15.0. The average Bonchev–Trinajstić information content (AvgIpc) is 3.25. The number of Topliss-reactive ketones (excluding diaryl/α,β-unsaturated/α-hetero) is 1. The van der Waals surface area contributed by atoms with Gasteiger partial charge in [-0.25, -0.2) is 9.18 Å². The number of alkyl halides is 1. The maximum absolute atomic E-state index is 15.8. The predicted octanol–water partition coefficient (Wildman–Crippen LogP) is 5.53. The molecule has 1 aromatic carbocycles.